The molecule has 2 N–H and O–H groups in total. The van der Waals surface area contributed by atoms with Crippen LogP contribution in [0.2, 0.25) is 0 Å². The van der Waals surface area contributed by atoms with E-state index in [2.05, 4.69) is 20.6 Å². The van der Waals surface area contributed by atoms with Gasteiger partial charge in [-0.3, -0.25) is 29.5 Å². The van der Waals surface area contributed by atoms with Crippen LogP contribution in [0.3, 0.4) is 0 Å². The summed E-state index contributed by atoms with van der Waals surface area (Å²) in [6.07, 6.45) is 4.61. The van der Waals surface area contributed by atoms with Crippen molar-refractivity contribution in [3.63, 3.8) is 0 Å². The highest BCUT2D eigenvalue weighted by molar-refractivity contribution is 7.21. The van der Waals surface area contributed by atoms with E-state index in [4.69, 9.17) is 14.5 Å². The first-order valence-corrected chi connectivity index (χ1v) is 16.2. The number of carbonyl (C=O) groups is 4. The molecule has 12 nitrogen and oxygen atoms in total. The predicted octanol–water partition coefficient (Wildman–Crippen LogP) is 4.99. The van der Waals surface area contributed by atoms with Crippen molar-refractivity contribution in [1.29, 1.82) is 0 Å². The summed E-state index contributed by atoms with van der Waals surface area (Å²) < 4.78 is 12.2. The molecule has 2 aromatic carbocycles. The second-order valence-electron chi connectivity index (χ2n) is 11.4. The number of aromatic nitrogens is 3. The van der Waals surface area contributed by atoms with E-state index in [-0.39, 0.29) is 37.1 Å². The zero-order chi connectivity index (χ0) is 33.2. The number of amides is 4. The van der Waals surface area contributed by atoms with E-state index in [1.165, 1.54) is 4.90 Å². The van der Waals surface area contributed by atoms with Crippen molar-refractivity contribution in [2.75, 3.05) is 19.0 Å². The molecule has 2 aliphatic heterocycles. The number of piperidine rings is 1. The summed E-state index contributed by atoms with van der Waals surface area (Å²) in [4.78, 5) is 64.5. The van der Waals surface area contributed by atoms with Crippen molar-refractivity contribution in [3.8, 4) is 33.3 Å². The maximum atomic E-state index is 12.9. The van der Waals surface area contributed by atoms with Gasteiger partial charge in [-0.1, -0.05) is 0 Å². The van der Waals surface area contributed by atoms with Gasteiger partial charge in [0, 0.05) is 48.5 Å². The number of rotatable bonds is 10. The van der Waals surface area contributed by atoms with Crippen LogP contribution in [0.15, 0.2) is 73.1 Å². The van der Waals surface area contributed by atoms with Crippen LogP contribution >= 0.6 is 11.3 Å². The number of carbonyl (C=O) groups excluding carboxylic acids is 4. The number of benzene rings is 2. The Balaban J connectivity index is 0.902. The highest BCUT2D eigenvalue weighted by Gasteiger charge is 2.39. The van der Waals surface area contributed by atoms with Crippen molar-refractivity contribution >= 4 is 51.0 Å². The van der Waals surface area contributed by atoms with Crippen molar-refractivity contribution < 1.29 is 28.7 Å². The molecule has 0 radical (unpaired) electrons. The molecule has 1 fully saturated rings. The molecule has 48 heavy (non-hydrogen) atoms. The van der Waals surface area contributed by atoms with Gasteiger partial charge >= 0.3 is 0 Å². The molecule has 5 aromatic rings. The van der Waals surface area contributed by atoms with E-state index in [0.717, 1.165) is 43.4 Å². The van der Waals surface area contributed by atoms with Gasteiger partial charge in [-0.25, -0.2) is 9.97 Å². The maximum absolute atomic E-state index is 12.9. The number of imide groups is 1. The van der Waals surface area contributed by atoms with E-state index in [0.29, 0.717) is 36.6 Å². The van der Waals surface area contributed by atoms with Crippen LogP contribution < -0.4 is 20.1 Å². The molecule has 2 aliphatic rings. The van der Waals surface area contributed by atoms with E-state index < -0.39 is 11.9 Å². The Kier molecular flexibility index (Phi) is 8.51. The number of nitrogens with zero attached hydrogens (tertiary/aromatic N) is 4. The number of anilines is 1. The Morgan fingerprint density at radius 2 is 1.90 bits per heavy atom. The Morgan fingerprint density at radius 1 is 1.02 bits per heavy atom. The SMILES string of the molecule is COc1ccc2nc(-c3ccc(-c4ccnc(NC(=O)CCCOc5ccc6c(c5)CN(C5CCC(=O)NC5=O)C6=O)c4)nc3)sc2c1. The predicted molar refractivity (Wildman–Crippen MR) is 178 cm³/mol. The first-order valence-electron chi connectivity index (χ1n) is 15.4. The molecule has 3 aromatic heterocycles. The summed E-state index contributed by atoms with van der Waals surface area (Å²) in [7, 11) is 1.64. The van der Waals surface area contributed by atoms with Gasteiger partial charge in [0.05, 0.1) is 29.6 Å². The van der Waals surface area contributed by atoms with Crippen molar-refractivity contribution in [2.24, 2.45) is 0 Å². The minimum absolute atomic E-state index is 0.196. The fraction of sp³-hybridized carbons (Fsp3) is 0.229. The van der Waals surface area contributed by atoms with Gasteiger partial charge in [0.1, 0.15) is 28.4 Å². The molecule has 0 aliphatic carbocycles. The lowest BCUT2D eigenvalue weighted by Gasteiger charge is -2.29. The van der Waals surface area contributed by atoms with Gasteiger partial charge < -0.3 is 19.7 Å². The molecular formula is C35H30N6O6S. The molecule has 1 unspecified atom stereocenters. The molecule has 5 heterocycles. The highest BCUT2D eigenvalue weighted by Crippen LogP contribution is 2.33. The second-order valence-corrected chi connectivity index (χ2v) is 12.5. The Labute approximate surface area is 279 Å². The first-order chi connectivity index (χ1) is 23.3. The first kappa shape index (κ1) is 30.9. The minimum atomic E-state index is -0.668. The van der Waals surface area contributed by atoms with Crippen molar-refractivity contribution in [3.05, 3.63) is 84.2 Å². The van der Waals surface area contributed by atoms with Crippen LogP contribution in [0.5, 0.6) is 11.5 Å². The molecule has 0 saturated carbocycles. The molecular weight excluding hydrogens is 632 g/mol. The average molecular weight is 663 g/mol. The standard InChI is InChI=1S/C35H30N6O6S/c1-46-23-6-9-27-29(17-23)48-34(38-27)21-4-8-26(37-18-21)20-12-13-36-30(16-20)39-31(42)3-2-14-47-24-5-7-25-22(15-24)19-41(35(25)45)28-10-11-32(43)40-33(28)44/h4-9,12-13,15-18,28H,2-3,10-11,14,19H2,1H3,(H,36,39,42)(H,40,43,44). The van der Waals surface area contributed by atoms with E-state index in [1.807, 2.05) is 36.4 Å². The van der Waals surface area contributed by atoms with Gasteiger partial charge in [0.25, 0.3) is 5.91 Å². The lowest BCUT2D eigenvalue weighted by Crippen LogP contribution is -2.52. The number of thiazole rings is 1. The van der Waals surface area contributed by atoms with Gasteiger partial charge in [0.15, 0.2) is 0 Å². The largest absolute Gasteiger partial charge is 0.497 e. The zero-order valence-electron chi connectivity index (χ0n) is 25.9. The summed E-state index contributed by atoms with van der Waals surface area (Å²) in [5.41, 5.74) is 4.64. The molecule has 0 spiro atoms. The monoisotopic (exact) mass is 662 g/mol. The molecule has 0 bridgehead atoms. The number of methoxy groups -OCH3 is 1. The molecule has 1 atom stereocenters. The maximum Gasteiger partial charge on any atom is 0.255 e. The van der Waals surface area contributed by atoms with Gasteiger partial charge in [0.2, 0.25) is 17.7 Å². The summed E-state index contributed by atoms with van der Waals surface area (Å²) in [5, 5.41) is 6.02. The Hall–Kier alpha value is -5.69. The third-order valence-electron chi connectivity index (χ3n) is 8.24. The second kappa shape index (κ2) is 13.2. The number of hydrogen-bond acceptors (Lipinski definition) is 10. The van der Waals surface area contributed by atoms with Crippen LogP contribution in [-0.2, 0) is 20.9 Å². The van der Waals surface area contributed by atoms with Crippen molar-refractivity contribution in [2.45, 2.75) is 38.3 Å². The van der Waals surface area contributed by atoms with Crippen LogP contribution in [0.25, 0.3) is 32.0 Å². The molecule has 4 amide bonds. The number of pyridine rings is 2. The number of hydrogen-bond donors (Lipinski definition) is 2. The summed E-state index contributed by atoms with van der Waals surface area (Å²) in [6, 6.07) is 17.8. The lowest BCUT2D eigenvalue weighted by atomic mass is 10.0. The van der Waals surface area contributed by atoms with Crippen LogP contribution in [0.4, 0.5) is 5.82 Å². The number of ether oxygens (including phenoxy) is 2. The van der Waals surface area contributed by atoms with Crippen LogP contribution in [0.1, 0.15) is 41.6 Å². The fourth-order valence-electron chi connectivity index (χ4n) is 5.77. The molecule has 7 rings (SSSR count). The van der Waals surface area contributed by atoms with Gasteiger partial charge in [-0.15, -0.1) is 11.3 Å². The molecule has 13 heteroatoms. The van der Waals surface area contributed by atoms with Gasteiger partial charge in [-0.2, -0.15) is 0 Å². The Bertz CT molecular complexity index is 2060. The average Bonchev–Trinajstić information content (AvgIpc) is 3.67. The normalized spacial score (nSPS) is 15.7. The molecule has 242 valence electrons. The van der Waals surface area contributed by atoms with Crippen LogP contribution in [-0.4, -0.2) is 63.2 Å². The highest BCUT2D eigenvalue weighted by atomic mass is 32.1. The quantitative estimate of drug-likeness (QED) is 0.156. The van der Waals surface area contributed by atoms with Crippen LogP contribution in [0, 0.1) is 0 Å². The van der Waals surface area contributed by atoms with E-state index in [9.17, 15) is 19.2 Å². The summed E-state index contributed by atoms with van der Waals surface area (Å²) in [6.45, 7) is 0.563. The smallest absolute Gasteiger partial charge is 0.255 e. The topological polar surface area (TPSA) is 153 Å². The summed E-state index contributed by atoms with van der Waals surface area (Å²) >= 11 is 1.57. The number of fused-ring (bicyclic) bond motifs is 2. The molecule has 1 saturated heterocycles. The van der Waals surface area contributed by atoms with Crippen molar-refractivity contribution in [1.82, 2.24) is 25.2 Å². The van der Waals surface area contributed by atoms with E-state index >= 15 is 0 Å². The fourth-order valence-corrected chi connectivity index (χ4v) is 6.76. The van der Waals surface area contributed by atoms with Gasteiger partial charge in [-0.05, 0) is 79.1 Å². The third kappa shape index (κ3) is 6.45. The number of nitrogens with one attached hydrogen (secondary N) is 2. The minimum Gasteiger partial charge on any atom is -0.497 e. The Morgan fingerprint density at radius 3 is 2.71 bits per heavy atom. The zero-order valence-corrected chi connectivity index (χ0v) is 26.7. The van der Waals surface area contributed by atoms with E-state index in [1.54, 1.807) is 55.1 Å². The summed E-state index contributed by atoms with van der Waals surface area (Å²) in [5.74, 6) is 0.586. The third-order valence-corrected chi connectivity index (χ3v) is 9.31. The lowest BCUT2D eigenvalue weighted by molar-refractivity contribution is -0.137.